The summed E-state index contributed by atoms with van der Waals surface area (Å²) >= 11 is 0. The fraction of sp³-hybridized carbons (Fsp3) is 0.467. The fourth-order valence-electron chi connectivity index (χ4n) is 3.13. The van der Waals surface area contributed by atoms with Crippen LogP contribution in [0, 0.1) is 0 Å². The molecule has 0 atom stereocenters. The predicted octanol–water partition coefficient (Wildman–Crippen LogP) is 2.49. The van der Waals surface area contributed by atoms with Crippen LogP contribution in [0.15, 0.2) is 18.2 Å². The Hall–Kier alpha value is -1.48. The van der Waals surface area contributed by atoms with Crippen molar-refractivity contribution >= 4 is 10.9 Å². The number of aryl methyl sites for hydroxylation is 1. The Morgan fingerprint density at radius 3 is 2.89 bits per heavy atom. The van der Waals surface area contributed by atoms with E-state index < -0.39 is 0 Å². The highest BCUT2D eigenvalue weighted by Gasteiger charge is 2.19. The first kappa shape index (κ1) is 11.6. The molecule has 3 rings (SSSR count). The highest BCUT2D eigenvalue weighted by Crippen LogP contribution is 2.34. The van der Waals surface area contributed by atoms with E-state index in [2.05, 4.69) is 16.7 Å². The SMILES string of the molecule is COc1ccc2c(c1)c1c(n2CCN)CCCC1. The molecule has 2 aromatic rings. The van der Waals surface area contributed by atoms with Crippen LogP contribution in [0.1, 0.15) is 24.1 Å². The molecule has 0 aliphatic heterocycles. The van der Waals surface area contributed by atoms with E-state index in [0.29, 0.717) is 6.54 Å². The minimum absolute atomic E-state index is 0.697. The summed E-state index contributed by atoms with van der Waals surface area (Å²) in [4.78, 5) is 0. The zero-order chi connectivity index (χ0) is 12.5. The van der Waals surface area contributed by atoms with Gasteiger partial charge in [-0.05, 0) is 49.4 Å². The van der Waals surface area contributed by atoms with E-state index in [1.54, 1.807) is 7.11 Å². The Morgan fingerprint density at radius 1 is 1.28 bits per heavy atom. The van der Waals surface area contributed by atoms with Crippen LogP contribution in [0.5, 0.6) is 5.75 Å². The summed E-state index contributed by atoms with van der Waals surface area (Å²) in [7, 11) is 1.73. The van der Waals surface area contributed by atoms with Gasteiger partial charge in [-0.1, -0.05) is 0 Å². The first-order valence-electron chi connectivity index (χ1n) is 6.73. The number of nitrogens with two attached hydrogens (primary N) is 1. The van der Waals surface area contributed by atoms with E-state index in [0.717, 1.165) is 12.3 Å². The molecule has 1 aromatic carbocycles. The van der Waals surface area contributed by atoms with Gasteiger partial charge in [-0.15, -0.1) is 0 Å². The molecule has 0 saturated carbocycles. The lowest BCUT2D eigenvalue weighted by Gasteiger charge is -2.15. The number of hydrogen-bond acceptors (Lipinski definition) is 2. The zero-order valence-electron chi connectivity index (χ0n) is 10.9. The van der Waals surface area contributed by atoms with Gasteiger partial charge in [-0.3, -0.25) is 0 Å². The van der Waals surface area contributed by atoms with E-state index in [9.17, 15) is 0 Å². The van der Waals surface area contributed by atoms with Gasteiger partial charge < -0.3 is 15.0 Å². The molecule has 96 valence electrons. The Bertz CT molecular complexity index is 571. The Morgan fingerprint density at radius 2 is 2.11 bits per heavy atom. The number of methoxy groups -OCH3 is 1. The minimum atomic E-state index is 0.697. The molecule has 1 aliphatic carbocycles. The van der Waals surface area contributed by atoms with Gasteiger partial charge in [-0.2, -0.15) is 0 Å². The van der Waals surface area contributed by atoms with Crippen LogP contribution in [0.4, 0.5) is 0 Å². The fourth-order valence-corrected chi connectivity index (χ4v) is 3.13. The van der Waals surface area contributed by atoms with E-state index >= 15 is 0 Å². The van der Waals surface area contributed by atoms with Gasteiger partial charge in [0.2, 0.25) is 0 Å². The maximum absolute atomic E-state index is 5.75. The average molecular weight is 244 g/mol. The molecule has 0 fully saturated rings. The number of ether oxygens (including phenoxy) is 1. The quantitative estimate of drug-likeness (QED) is 0.901. The molecule has 1 heterocycles. The van der Waals surface area contributed by atoms with Crippen LogP contribution < -0.4 is 10.5 Å². The normalized spacial score (nSPS) is 14.8. The monoisotopic (exact) mass is 244 g/mol. The lowest BCUT2D eigenvalue weighted by atomic mass is 9.95. The van der Waals surface area contributed by atoms with Crippen LogP contribution in [0.2, 0.25) is 0 Å². The summed E-state index contributed by atoms with van der Waals surface area (Å²) in [5, 5.41) is 1.36. The molecular formula is C15H20N2O. The molecular weight excluding hydrogens is 224 g/mol. The van der Waals surface area contributed by atoms with Crippen molar-refractivity contribution in [3.63, 3.8) is 0 Å². The Kier molecular flexibility index (Phi) is 3.00. The van der Waals surface area contributed by atoms with Crippen molar-refractivity contribution in [1.29, 1.82) is 0 Å². The summed E-state index contributed by atoms with van der Waals surface area (Å²) in [5.41, 5.74) is 10.1. The summed E-state index contributed by atoms with van der Waals surface area (Å²) in [6, 6.07) is 6.38. The molecule has 18 heavy (non-hydrogen) atoms. The number of fused-ring (bicyclic) bond motifs is 3. The van der Waals surface area contributed by atoms with E-state index in [4.69, 9.17) is 10.5 Å². The minimum Gasteiger partial charge on any atom is -0.497 e. The van der Waals surface area contributed by atoms with E-state index in [1.165, 1.54) is 47.8 Å². The van der Waals surface area contributed by atoms with Crippen molar-refractivity contribution in [1.82, 2.24) is 4.57 Å². The van der Waals surface area contributed by atoms with Crippen molar-refractivity contribution in [2.45, 2.75) is 32.2 Å². The van der Waals surface area contributed by atoms with Crippen LogP contribution in [0.25, 0.3) is 10.9 Å². The van der Waals surface area contributed by atoms with Crippen LogP contribution in [-0.4, -0.2) is 18.2 Å². The van der Waals surface area contributed by atoms with Crippen molar-refractivity contribution < 1.29 is 4.74 Å². The van der Waals surface area contributed by atoms with Crippen LogP contribution in [0.3, 0.4) is 0 Å². The van der Waals surface area contributed by atoms with Crippen molar-refractivity contribution in [3.8, 4) is 5.75 Å². The zero-order valence-corrected chi connectivity index (χ0v) is 10.9. The van der Waals surface area contributed by atoms with Gasteiger partial charge in [0.25, 0.3) is 0 Å². The van der Waals surface area contributed by atoms with Crippen molar-refractivity contribution in [2.24, 2.45) is 5.73 Å². The van der Waals surface area contributed by atoms with Gasteiger partial charge in [-0.25, -0.2) is 0 Å². The number of aromatic nitrogens is 1. The molecule has 0 unspecified atom stereocenters. The van der Waals surface area contributed by atoms with E-state index in [1.807, 2.05) is 6.07 Å². The Balaban J connectivity index is 2.25. The van der Waals surface area contributed by atoms with Crippen LogP contribution in [-0.2, 0) is 19.4 Å². The molecule has 3 nitrogen and oxygen atoms in total. The van der Waals surface area contributed by atoms with Gasteiger partial charge in [0, 0.05) is 29.7 Å². The third-order valence-electron chi connectivity index (χ3n) is 3.94. The van der Waals surface area contributed by atoms with Gasteiger partial charge in [0.15, 0.2) is 0 Å². The summed E-state index contributed by atoms with van der Waals surface area (Å²) < 4.78 is 7.75. The van der Waals surface area contributed by atoms with Crippen molar-refractivity contribution in [3.05, 3.63) is 29.5 Å². The molecule has 2 N–H and O–H groups in total. The number of hydrogen-bond donors (Lipinski definition) is 1. The van der Waals surface area contributed by atoms with Gasteiger partial charge >= 0.3 is 0 Å². The van der Waals surface area contributed by atoms with Crippen LogP contribution >= 0.6 is 0 Å². The lowest BCUT2D eigenvalue weighted by molar-refractivity contribution is 0.415. The molecule has 3 heteroatoms. The number of nitrogens with zero attached hydrogens (tertiary/aromatic N) is 1. The summed E-state index contributed by atoms with van der Waals surface area (Å²) in [6.45, 7) is 1.61. The molecule has 0 saturated heterocycles. The van der Waals surface area contributed by atoms with E-state index in [-0.39, 0.29) is 0 Å². The third kappa shape index (κ3) is 1.70. The van der Waals surface area contributed by atoms with Gasteiger partial charge in [0.05, 0.1) is 7.11 Å². The summed E-state index contributed by atoms with van der Waals surface area (Å²) in [5.74, 6) is 0.945. The maximum atomic E-state index is 5.75. The average Bonchev–Trinajstić information content (AvgIpc) is 2.74. The molecule has 0 bridgehead atoms. The second-order valence-electron chi connectivity index (χ2n) is 4.96. The molecule has 1 aliphatic rings. The standard InChI is InChI=1S/C15H20N2O/c1-18-11-6-7-15-13(10-11)12-4-2-3-5-14(12)17(15)9-8-16/h6-7,10H,2-5,8-9,16H2,1H3. The lowest BCUT2D eigenvalue weighted by Crippen LogP contribution is -2.14. The second kappa shape index (κ2) is 4.65. The molecule has 1 aromatic heterocycles. The largest absolute Gasteiger partial charge is 0.497 e. The maximum Gasteiger partial charge on any atom is 0.119 e. The summed E-state index contributed by atoms with van der Waals surface area (Å²) in [6.07, 6.45) is 4.97. The highest BCUT2D eigenvalue weighted by atomic mass is 16.5. The molecule has 0 radical (unpaired) electrons. The molecule has 0 amide bonds. The van der Waals surface area contributed by atoms with Crippen molar-refractivity contribution in [2.75, 3.05) is 13.7 Å². The Labute approximate surface area is 108 Å². The predicted molar refractivity (Wildman–Crippen MR) is 74.2 cm³/mol. The molecule has 0 spiro atoms. The smallest absolute Gasteiger partial charge is 0.119 e. The topological polar surface area (TPSA) is 40.2 Å². The number of benzene rings is 1. The first-order valence-corrected chi connectivity index (χ1v) is 6.73. The second-order valence-corrected chi connectivity index (χ2v) is 4.96. The highest BCUT2D eigenvalue weighted by molar-refractivity contribution is 5.87. The first-order chi connectivity index (χ1) is 8.85. The number of rotatable bonds is 3. The van der Waals surface area contributed by atoms with Gasteiger partial charge in [0.1, 0.15) is 5.75 Å². The third-order valence-corrected chi connectivity index (χ3v) is 3.94.